The number of hydrogen-bond acceptors (Lipinski definition) is 4. The van der Waals surface area contributed by atoms with Gasteiger partial charge in [-0.1, -0.05) is 11.6 Å². The number of aromatic nitrogens is 1. The molecule has 26 heavy (non-hydrogen) atoms. The van der Waals surface area contributed by atoms with E-state index in [4.69, 9.17) is 11.6 Å². The smallest absolute Gasteiger partial charge is 0.252 e. The molecule has 2 rings (SSSR count). The summed E-state index contributed by atoms with van der Waals surface area (Å²) in [4.78, 5) is 39.0. The number of nitrogens with one attached hydrogen (secondary N) is 3. The molecule has 9 heteroatoms. The Kier molecular flexibility index (Phi) is 7.04. The van der Waals surface area contributed by atoms with Crippen LogP contribution in [0.25, 0.3) is 0 Å². The summed E-state index contributed by atoms with van der Waals surface area (Å²) in [6.45, 7) is 0.370. The number of nitrogens with zero attached hydrogens (tertiary/aromatic N) is 1. The predicted octanol–water partition coefficient (Wildman–Crippen LogP) is 1.75. The molecule has 7 nitrogen and oxygen atoms in total. The standard InChI is InChI=1S/C17H16ClFN4O3/c18-13-8-12(3-4-14(13)19)23-16(25)9-15(24)21-6-7-22-17(26)11-2-1-5-20-10-11/h1-5,8,10H,6-7,9H2,(H,21,24)(H,22,26)(H,23,25). The number of rotatable bonds is 7. The van der Waals surface area contributed by atoms with E-state index in [0.29, 0.717) is 5.56 Å². The van der Waals surface area contributed by atoms with Gasteiger partial charge in [0.2, 0.25) is 11.8 Å². The molecule has 0 aliphatic heterocycles. The highest BCUT2D eigenvalue weighted by Crippen LogP contribution is 2.19. The van der Waals surface area contributed by atoms with Gasteiger partial charge in [0.1, 0.15) is 12.2 Å². The molecule has 3 amide bonds. The molecule has 0 atom stereocenters. The third-order valence-corrected chi connectivity index (χ3v) is 3.47. The Bertz CT molecular complexity index is 802. The van der Waals surface area contributed by atoms with Crippen molar-refractivity contribution in [3.63, 3.8) is 0 Å². The molecule has 0 radical (unpaired) electrons. The molecular weight excluding hydrogens is 363 g/mol. The molecule has 1 heterocycles. The molecular formula is C17H16ClFN4O3. The lowest BCUT2D eigenvalue weighted by molar-refractivity contribution is -0.126. The van der Waals surface area contributed by atoms with E-state index in [1.165, 1.54) is 18.3 Å². The van der Waals surface area contributed by atoms with Crippen LogP contribution in [-0.2, 0) is 9.59 Å². The average molecular weight is 379 g/mol. The van der Waals surface area contributed by atoms with Gasteiger partial charge in [0.05, 0.1) is 10.6 Å². The molecule has 3 N–H and O–H groups in total. The molecule has 136 valence electrons. The molecule has 1 aromatic heterocycles. The zero-order valence-corrected chi connectivity index (χ0v) is 14.3. The number of hydrogen-bond donors (Lipinski definition) is 3. The van der Waals surface area contributed by atoms with Crippen molar-refractivity contribution >= 4 is 35.0 Å². The maximum absolute atomic E-state index is 13.0. The number of halogens is 2. The maximum Gasteiger partial charge on any atom is 0.252 e. The van der Waals surface area contributed by atoms with Gasteiger partial charge in [-0.3, -0.25) is 19.4 Å². The number of anilines is 1. The van der Waals surface area contributed by atoms with Gasteiger partial charge >= 0.3 is 0 Å². The molecule has 0 fully saturated rings. The lowest BCUT2D eigenvalue weighted by Crippen LogP contribution is -2.36. The largest absolute Gasteiger partial charge is 0.354 e. The predicted molar refractivity (Wildman–Crippen MR) is 94.2 cm³/mol. The number of benzene rings is 1. The van der Waals surface area contributed by atoms with Gasteiger partial charge in [-0.15, -0.1) is 0 Å². The topological polar surface area (TPSA) is 100 Å². The molecule has 1 aromatic carbocycles. The van der Waals surface area contributed by atoms with Crippen LogP contribution in [-0.4, -0.2) is 35.8 Å². The van der Waals surface area contributed by atoms with Crippen LogP contribution in [0, 0.1) is 5.82 Å². The van der Waals surface area contributed by atoms with Crippen LogP contribution in [0.2, 0.25) is 5.02 Å². The van der Waals surface area contributed by atoms with Gasteiger partial charge in [-0.05, 0) is 30.3 Å². The van der Waals surface area contributed by atoms with Crippen LogP contribution >= 0.6 is 11.6 Å². The summed E-state index contributed by atoms with van der Waals surface area (Å²) >= 11 is 5.61. The molecule has 2 aromatic rings. The fourth-order valence-electron chi connectivity index (χ4n) is 1.96. The van der Waals surface area contributed by atoms with Gasteiger partial charge < -0.3 is 16.0 Å². The summed E-state index contributed by atoms with van der Waals surface area (Å²) in [6, 6.07) is 6.96. The minimum Gasteiger partial charge on any atom is -0.354 e. The van der Waals surface area contributed by atoms with Gasteiger partial charge in [-0.2, -0.15) is 0 Å². The first-order valence-corrected chi connectivity index (χ1v) is 8.03. The van der Waals surface area contributed by atoms with E-state index in [2.05, 4.69) is 20.9 Å². The van der Waals surface area contributed by atoms with Crippen molar-refractivity contribution in [2.24, 2.45) is 0 Å². The normalized spacial score (nSPS) is 10.1. The van der Waals surface area contributed by atoms with Crippen molar-refractivity contribution in [2.75, 3.05) is 18.4 Å². The van der Waals surface area contributed by atoms with Crippen LogP contribution in [0.3, 0.4) is 0 Å². The van der Waals surface area contributed by atoms with Crippen LogP contribution in [0.1, 0.15) is 16.8 Å². The van der Waals surface area contributed by atoms with Crippen LogP contribution in [0.5, 0.6) is 0 Å². The maximum atomic E-state index is 13.0. The van der Waals surface area contributed by atoms with Crippen molar-refractivity contribution in [1.29, 1.82) is 0 Å². The first kappa shape index (κ1) is 19.3. The number of carbonyl (C=O) groups is 3. The fourth-order valence-corrected chi connectivity index (χ4v) is 2.15. The van der Waals surface area contributed by atoms with E-state index < -0.39 is 24.1 Å². The first-order valence-electron chi connectivity index (χ1n) is 7.65. The Labute approximate surface area is 154 Å². The minimum absolute atomic E-state index is 0.128. The quantitative estimate of drug-likeness (QED) is 0.504. The summed E-state index contributed by atoms with van der Waals surface area (Å²) in [7, 11) is 0. The third-order valence-electron chi connectivity index (χ3n) is 3.18. The third kappa shape index (κ3) is 6.14. The van der Waals surface area contributed by atoms with Gasteiger partial charge in [0, 0.05) is 31.2 Å². The van der Waals surface area contributed by atoms with E-state index in [1.54, 1.807) is 18.3 Å². The van der Waals surface area contributed by atoms with Crippen molar-refractivity contribution in [2.45, 2.75) is 6.42 Å². The monoisotopic (exact) mass is 378 g/mol. The fraction of sp³-hybridized carbons (Fsp3) is 0.176. The molecule has 0 bridgehead atoms. The van der Waals surface area contributed by atoms with E-state index in [9.17, 15) is 18.8 Å². The Morgan fingerprint density at radius 3 is 2.54 bits per heavy atom. The van der Waals surface area contributed by atoms with Crippen molar-refractivity contribution < 1.29 is 18.8 Å². The highest BCUT2D eigenvalue weighted by Gasteiger charge is 2.11. The van der Waals surface area contributed by atoms with E-state index in [-0.39, 0.29) is 29.7 Å². The second kappa shape index (κ2) is 9.47. The van der Waals surface area contributed by atoms with Crippen molar-refractivity contribution in [3.05, 3.63) is 59.1 Å². The first-order chi connectivity index (χ1) is 12.5. The summed E-state index contributed by atoms with van der Waals surface area (Å²) in [6.07, 6.45) is 2.58. The second-order valence-electron chi connectivity index (χ2n) is 5.20. The lowest BCUT2D eigenvalue weighted by Gasteiger charge is -2.08. The number of amides is 3. The van der Waals surface area contributed by atoms with Crippen LogP contribution < -0.4 is 16.0 Å². The molecule has 0 aliphatic carbocycles. The summed E-state index contributed by atoms with van der Waals surface area (Å²) in [5.74, 6) is -1.98. The SMILES string of the molecule is O=C(CC(=O)Nc1ccc(F)c(Cl)c1)NCCNC(=O)c1cccnc1. The zero-order valence-electron chi connectivity index (χ0n) is 13.6. The Morgan fingerprint density at radius 1 is 1.08 bits per heavy atom. The Morgan fingerprint density at radius 2 is 1.85 bits per heavy atom. The summed E-state index contributed by atoms with van der Waals surface area (Å²) < 4.78 is 13.0. The number of carbonyl (C=O) groups excluding carboxylic acids is 3. The van der Waals surface area contributed by atoms with E-state index in [0.717, 1.165) is 6.07 Å². The average Bonchev–Trinajstić information content (AvgIpc) is 2.62. The molecule has 0 spiro atoms. The van der Waals surface area contributed by atoms with Crippen LogP contribution in [0.4, 0.5) is 10.1 Å². The zero-order chi connectivity index (χ0) is 18.9. The minimum atomic E-state index is -0.601. The van der Waals surface area contributed by atoms with Crippen molar-refractivity contribution in [3.8, 4) is 0 Å². The van der Waals surface area contributed by atoms with E-state index >= 15 is 0 Å². The Hall–Kier alpha value is -3.00. The Balaban J connectivity index is 1.67. The van der Waals surface area contributed by atoms with Gasteiger partial charge in [-0.25, -0.2) is 4.39 Å². The highest BCUT2D eigenvalue weighted by atomic mass is 35.5. The lowest BCUT2D eigenvalue weighted by atomic mass is 10.2. The molecule has 0 saturated heterocycles. The highest BCUT2D eigenvalue weighted by molar-refractivity contribution is 6.31. The summed E-state index contributed by atoms with van der Waals surface area (Å²) in [5, 5.41) is 7.44. The van der Waals surface area contributed by atoms with Crippen LogP contribution in [0.15, 0.2) is 42.7 Å². The van der Waals surface area contributed by atoms with E-state index in [1.807, 2.05) is 0 Å². The van der Waals surface area contributed by atoms with Crippen molar-refractivity contribution in [1.82, 2.24) is 15.6 Å². The summed E-state index contributed by atoms with van der Waals surface area (Å²) in [5.41, 5.74) is 0.703. The van der Waals surface area contributed by atoms with Gasteiger partial charge in [0.15, 0.2) is 0 Å². The molecule has 0 saturated carbocycles. The van der Waals surface area contributed by atoms with Gasteiger partial charge in [0.25, 0.3) is 5.91 Å². The molecule has 0 aliphatic rings. The molecule has 0 unspecified atom stereocenters. The second-order valence-corrected chi connectivity index (χ2v) is 5.61. The number of pyridine rings is 1.